The third-order valence-electron chi connectivity index (χ3n) is 11.2. The molecule has 0 saturated heterocycles. The first kappa shape index (κ1) is 77.6. The van der Waals surface area contributed by atoms with E-state index in [-0.39, 0.29) is 66.0 Å². The summed E-state index contributed by atoms with van der Waals surface area (Å²) in [6, 6.07) is 69.5. The van der Waals surface area contributed by atoms with Gasteiger partial charge in [0.1, 0.15) is 0 Å². The smallest absolute Gasteiger partial charge is 0.775 e. The van der Waals surface area contributed by atoms with Crippen molar-refractivity contribution in [3.8, 4) is 0 Å². The minimum absolute atomic E-state index is 0. The number of nitrogens with zero attached hydrogens (tertiary/aromatic N) is 4. The molecule has 8 N–H and O–H groups in total. The zero-order chi connectivity index (χ0) is 64.4. The topological polar surface area (TPSA) is 408 Å². The molecule has 0 aliphatic rings. The number of pyridine rings is 4. The Morgan fingerprint density at radius 1 is 0.222 bits per heavy atom. The summed E-state index contributed by atoms with van der Waals surface area (Å²) in [5, 5.41) is 4.50. The molecule has 0 aliphatic heterocycles. The van der Waals surface area contributed by atoms with Crippen LogP contribution in [0.1, 0.15) is 0 Å². The predicted molar refractivity (Wildman–Crippen MR) is 334 cm³/mol. The summed E-state index contributed by atoms with van der Waals surface area (Å²) in [4.78, 5) is 127. The van der Waals surface area contributed by atoms with E-state index in [1.807, 2.05) is 24.3 Å². The summed E-state index contributed by atoms with van der Waals surface area (Å²) in [6.07, 6.45) is 7.21. The van der Waals surface area contributed by atoms with Gasteiger partial charge in [0.25, 0.3) is 0 Å². The Labute approximate surface area is 537 Å². The molecule has 0 aliphatic carbocycles. The second-order valence-corrected chi connectivity index (χ2v) is 27.1. The van der Waals surface area contributed by atoms with E-state index in [1.165, 1.54) is 72.8 Å². The van der Waals surface area contributed by atoms with E-state index in [0.717, 1.165) is 43.6 Å². The standard InChI is InChI=1S/2C12H8N2.6C6H7O3P.2Mn/c2*1-3-9-5-6-10-4-2-8-14-12(10)11(9)13-7-1;6*7-10(8,9)6-4-2-1-3-5-6;;/h2*1-8H;6*1-5H,(H2,7,8,9);;/q;;;;;;;;2*+2/p-4. The van der Waals surface area contributed by atoms with Gasteiger partial charge < -0.3 is 77.0 Å². The van der Waals surface area contributed by atoms with E-state index in [0.29, 0.717) is 0 Å². The fourth-order valence-electron chi connectivity index (χ4n) is 7.07. The van der Waals surface area contributed by atoms with Gasteiger partial charge in [0, 0.05) is 67.6 Å². The number of rotatable bonds is 6. The van der Waals surface area contributed by atoms with Crippen LogP contribution in [0.25, 0.3) is 43.6 Å². The minimum Gasteiger partial charge on any atom is -0.775 e. The van der Waals surface area contributed by atoms with Crippen molar-refractivity contribution in [1.29, 1.82) is 0 Å². The average Bonchev–Trinajstić information content (AvgIpc) is 1.16. The summed E-state index contributed by atoms with van der Waals surface area (Å²) >= 11 is 0. The van der Waals surface area contributed by atoms with Crippen LogP contribution >= 0.6 is 45.6 Å². The van der Waals surface area contributed by atoms with Gasteiger partial charge in [-0.3, -0.25) is 29.1 Å². The maximum Gasteiger partial charge on any atom is 2.00 e. The maximum atomic E-state index is 10.5. The SMILES string of the molecule is O=P(O)(O)c1ccccc1.O=P(O)(O)c1ccccc1.O=P([O-])(O)c1ccccc1.O=P([O-])(O)c1ccccc1.O=P([O-])(O)c1ccccc1.O=P([O-])(O)c1ccccc1.[Mn+2].[Mn+2].c1cnc2c(c1)ccc1cccnc12.c1cnc2c(c1)ccc1cccnc12. The Bertz CT molecular complexity index is 3740. The van der Waals surface area contributed by atoms with Gasteiger partial charge in [-0.05, 0) is 48.5 Å². The van der Waals surface area contributed by atoms with Gasteiger partial charge >= 0.3 is 49.3 Å². The van der Waals surface area contributed by atoms with Crippen molar-refractivity contribution in [3.63, 3.8) is 0 Å². The van der Waals surface area contributed by atoms with Gasteiger partial charge in [-0.15, -0.1) is 0 Å². The van der Waals surface area contributed by atoms with Crippen molar-refractivity contribution < 1.29 is 120 Å². The minimum atomic E-state index is -4.27. The summed E-state index contributed by atoms with van der Waals surface area (Å²) in [5.74, 6) is 0. The molecule has 0 fully saturated rings. The Balaban J connectivity index is 0.000000269. The van der Waals surface area contributed by atoms with Crippen LogP contribution in [0.15, 0.2) is 280 Å². The first-order valence-corrected chi connectivity index (χ1v) is 34.8. The molecule has 2 radical (unpaired) electrons. The van der Waals surface area contributed by atoms with Crippen molar-refractivity contribution in [2.24, 2.45) is 0 Å². The predicted octanol–water partition coefficient (Wildman–Crippen LogP) is 5.97. The zero-order valence-corrected chi connectivity index (χ0v) is 54.2. The molecule has 22 nitrogen and oxygen atoms in total. The molecule has 4 atom stereocenters. The summed E-state index contributed by atoms with van der Waals surface area (Å²) < 4.78 is 62.7. The first-order chi connectivity index (χ1) is 41.5. The van der Waals surface area contributed by atoms with E-state index in [9.17, 15) is 47.0 Å². The van der Waals surface area contributed by atoms with Crippen LogP contribution in [0.3, 0.4) is 0 Å². The van der Waals surface area contributed by atoms with Crippen LogP contribution in [-0.4, -0.2) is 59.1 Å². The molecule has 8 aromatic carbocycles. The van der Waals surface area contributed by atoms with Crippen molar-refractivity contribution in [2.75, 3.05) is 0 Å². The van der Waals surface area contributed by atoms with E-state index in [2.05, 4.69) is 68.5 Å². The van der Waals surface area contributed by atoms with Gasteiger partial charge in [0.05, 0.1) is 32.7 Å². The third-order valence-corrected chi connectivity index (χ3v) is 16.9. The van der Waals surface area contributed by atoms with E-state index in [4.69, 9.17) is 39.1 Å². The molecule has 0 saturated carbocycles. The third kappa shape index (κ3) is 27.0. The van der Waals surface area contributed by atoms with Crippen molar-refractivity contribution in [1.82, 2.24) is 19.9 Å². The largest absolute Gasteiger partial charge is 2.00 e. The van der Waals surface area contributed by atoms with Crippen LogP contribution in [-0.2, 0) is 61.5 Å². The quantitative estimate of drug-likeness (QED) is 0.0540. The van der Waals surface area contributed by atoms with Gasteiger partial charge in [-0.1, -0.05) is 206 Å². The fourth-order valence-corrected chi connectivity index (χ4v) is 10.4. The Kier molecular flexibility index (Phi) is 31.9. The maximum absolute atomic E-state index is 10.5. The number of hydrogen-bond donors (Lipinski definition) is 8. The number of benzene rings is 8. The molecule has 4 heterocycles. The molecule has 466 valence electrons. The van der Waals surface area contributed by atoms with Crippen molar-refractivity contribution in [3.05, 3.63) is 280 Å². The van der Waals surface area contributed by atoms with Crippen molar-refractivity contribution in [2.45, 2.75) is 0 Å². The molecule has 12 rings (SSSR count). The zero-order valence-electron chi connectivity index (χ0n) is 46.4. The molecule has 90 heavy (non-hydrogen) atoms. The van der Waals surface area contributed by atoms with Gasteiger partial charge in [-0.2, -0.15) is 0 Å². The molecule has 30 heteroatoms. The van der Waals surface area contributed by atoms with E-state index >= 15 is 0 Å². The van der Waals surface area contributed by atoms with Crippen LogP contribution in [0.4, 0.5) is 0 Å². The Morgan fingerprint density at radius 3 is 0.500 bits per heavy atom. The second-order valence-electron chi connectivity index (χ2n) is 17.6. The van der Waals surface area contributed by atoms with Gasteiger partial charge in [-0.25, -0.2) is 0 Å². The number of hydrogen-bond acceptors (Lipinski definition) is 14. The normalized spacial score (nSPS) is 13.1. The van der Waals surface area contributed by atoms with Crippen LogP contribution in [0, 0.1) is 0 Å². The molecular weight excluding hydrogens is 1360 g/mol. The molecule has 0 spiro atoms. The van der Waals surface area contributed by atoms with Gasteiger partial charge in [0.15, 0.2) is 30.4 Å². The molecule has 4 unspecified atom stereocenters. The van der Waals surface area contributed by atoms with Crippen molar-refractivity contribution >= 4 is 121 Å². The van der Waals surface area contributed by atoms with Crippen LogP contribution in [0.5, 0.6) is 0 Å². The summed E-state index contributed by atoms with van der Waals surface area (Å²) in [7, 11) is -25.1. The van der Waals surface area contributed by atoms with Crippen LogP contribution < -0.4 is 51.4 Å². The Morgan fingerprint density at radius 2 is 0.378 bits per heavy atom. The second kappa shape index (κ2) is 37.0. The molecule has 0 amide bonds. The Hall–Kier alpha value is -6.66. The van der Waals surface area contributed by atoms with Gasteiger partial charge in [0.2, 0.25) is 0 Å². The summed E-state index contributed by atoms with van der Waals surface area (Å²) in [6.45, 7) is 0. The first-order valence-electron chi connectivity index (χ1n) is 25.3. The monoisotopic (exact) mass is 1410 g/mol. The summed E-state index contributed by atoms with van der Waals surface area (Å²) in [5.41, 5.74) is 3.91. The number of aromatic nitrogens is 4. The molecule has 4 aromatic heterocycles. The van der Waals surface area contributed by atoms with E-state index in [1.54, 1.807) is 134 Å². The fraction of sp³-hybridized carbons (Fsp3) is 0. The molecule has 12 aromatic rings. The van der Waals surface area contributed by atoms with E-state index < -0.39 is 45.6 Å². The molecule has 0 bridgehead atoms. The number of fused-ring (bicyclic) bond motifs is 6. The molecular formula is C60H54Mn2N4O18P6. The van der Waals surface area contributed by atoms with Crippen LogP contribution in [0.2, 0.25) is 0 Å². The average molecular weight is 1410 g/mol.